The minimum Gasteiger partial charge on any atom is -0.465 e. The van der Waals surface area contributed by atoms with Crippen LogP contribution in [0, 0.1) is 6.57 Å². The van der Waals surface area contributed by atoms with Crippen LogP contribution in [0.2, 0.25) is 0 Å². The predicted molar refractivity (Wildman–Crippen MR) is 70.6 cm³/mol. The van der Waals surface area contributed by atoms with Gasteiger partial charge in [-0.15, -0.1) is 0 Å². The number of methoxy groups -OCH3 is 1. The van der Waals surface area contributed by atoms with Gasteiger partial charge in [0.2, 0.25) is 0 Å². The van der Waals surface area contributed by atoms with Crippen molar-refractivity contribution in [2.45, 2.75) is 0 Å². The van der Waals surface area contributed by atoms with Crippen LogP contribution in [-0.4, -0.2) is 13.1 Å². The molecule has 0 amide bonds. The first kappa shape index (κ1) is 12.7. The molecule has 2 rings (SSSR count). The molecule has 0 atom stereocenters. The summed E-state index contributed by atoms with van der Waals surface area (Å²) in [6.07, 6.45) is 0. The van der Waals surface area contributed by atoms with Crippen molar-refractivity contribution in [1.29, 1.82) is 0 Å². The van der Waals surface area contributed by atoms with Crippen LogP contribution in [0.3, 0.4) is 0 Å². The van der Waals surface area contributed by atoms with Gasteiger partial charge in [0.1, 0.15) is 11.5 Å². The highest BCUT2D eigenvalue weighted by atomic mass is 16.5. The van der Waals surface area contributed by atoms with Crippen LogP contribution in [0.15, 0.2) is 48.5 Å². The van der Waals surface area contributed by atoms with Gasteiger partial charge >= 0.3 is 5.97 Å². The van der Waals surface area contributed by atoms with Crippen molar-refractivity contribution in [3.8, 4) is 11.5 Å². The maximum atomic E-state index is 11.4. The van der Waals surface area contributed by atoms with Crippen molar-refractivity contribution >= 4 is 11.7 Å². The van der Waals surface area contributed by atoms with Crippen LogP contribution in [0.25, 0.3) is 4.85 Å². The number of rotatable bonds is 3. The Labute approximate surface area is 111 Å². The Balaban J connectivity index is 2.18. The minimum atomic E-state index is -0.409. The SMILES string of the molecule is [C-]#[N+]c1ccc(Oc2cccc(C(=O)OC)c2)cc1. The summed E-state index contributed by atoms with van der Waals surface area (Å²) in [7, 11) is 1.33. The largest absolute Gasteiger partial charge is 0.465 e. The van der Waals surface area contributed by atoms with Crippen LogP contribution in [-0.2, 0) is 4.74 Å². The average molecular weight is 253 g/mol. The predicted octanol–water partition coefficient (Wildman–Crippen LogP) is 3.82. The number of hydrogen-bond acceptors (Lipinski definition) is 3. The van der Waals surface area contributed by atoms with Crippen LogP contribution in [0.5, 0.6) is 11.5 Å². The first-order valence-corrected chi connectivity index (χ1v) is 5.56. The molecule has 0 aliphatic rings. The Morgan fingerprint density at radius 1 is 1.11 bits per heavy atom. The van der Waals surface area contributed by atoms with Gasteiger partial charge in [0.25, 0.3) is 0 Å². The van der Waals surface area contributed by atoms with E-state index in [1.807, 2.05) is 0 Å². The fraction of sp³-hybridized carbons (Fsp3) is 0.0667. The fourth-order valence-electron chi connectivity index (χ4n) is 1.53. The van der Waals surface area contributed by atoms with E-state index in [1.54, 1.807) is 48.5 Å². The zero-order valence-electron chi connectivity index (χ0n) is 10.3. The van der Waals surface area contributed by atoms with Gasteiger partial charge in [-0.3, -0.25) is 0 Å². The van der Waals surface area contributed by atoms with Crippen LogP contribution in [0.4, 0.5) is 5.69 Å². The van der Waals surface area contributed by atoms with E-state index < -0.39 is 5.97 Å². The van der Waals surface area contributed by atoms with E-state index in [1.165, 1.54) is 7.11 Å². The van der Waals surface area contributed by atoms with Gasteiger partial charge < -0.3 is 9.47 Å². The monoisotopic (exact) mass is 253 g/mol. The summed E-state index contributed by atoms with van der Waals surface area (Å²) in [5.41, 5.74) is 0.980. The van der Waals surface area contributed by atoms with Gasteiger partial charge in [-0.25, -0.2) is 9.64 Å². The summed E-state index contributed by atoms with van der Waals surface area (Å²) in [5, 5.41) is 0. The molecule has 0 aromatic heterocycles. The summed E-state index contributed by atoms with van der Waals surface area (Å²) in [4.78, 5) is 14.7. The van der Waals surface area contributed by atoms with Gasteiger partial charge in [0, 0.05) is 0 Å². The highest BCUT2D eigenvalue weighted by Gasteiger charge is 2.06. The van der Waals surface area contributed by atoms with E-state index in [9.17, 15) is 4.79 Å². The molecule has 2 aromatic rings. The smallest absolute Gasteiger partial charge is 0.337 e. The van der Waals surface area contributed by atoms with Gasteiger partial charge in [0.05, 0.1) is 19.2 Å². The molecule has 0 heterocycles. The number of nitrogens with zero attached hydrogens (tertiary/aromatic N) is 1. The molecule has 0 saturated heterocycles. The fourth-order valence-corrected chi connectivity index (χ4v) is 1.53. The van der Waals surface area contributed by atoms with Gasteiger partial charge in [-0.2, -0.15) is 0 Å². The molecule has 4 nitrogen and oxygen atoms in total. The molecule has 0 spiro atoms. The van der Waals surface area contributed by atoms with E-state index >= 15 is 0 Å². The molecule has 0 aliphatic carbocycles. The molecule has 0 fully saturated rings. The molecule has 0 radical (unpaired) electrons. The topological polar surface area (TPSA) is 39.9 Å². The molecule has 0 aliphatic heterocycles. The number of carbonyl (C=O) groups excluding carboxylic acids is 1. The standard InChI is InChI=1S/C15H11NO3/c1-16-12-6-8-13(9-7-12)19-14-5-3-4-11(10-14)15(17)18-2/h3-10H,2H3. The number of esters is 1. The zero-order valence-corrected chi connectivity index (χ0v) is 10.3. The van der Waals surface area contributed by atoms with Gasteiger partial charge in [0.15, 0.2) is 5.69 Å². The normalized spacial score (nSPS) is 9.47. The molecule has 4 heteroatoms. The molecule has 0 N–H and O–H groups in total. The quantitative estimate of drug-likeness (QED) is 0.616. The van der Waals surface area contributed by atoms with Crippen molar-refractivity contribution in [3.63, 3.8) is 0 Å². The summed E-state index contributed by atoms with van der Waals surface area (Å²) < 4.78 is 10.2. The van der Waals surface area contributed by atoms with E-state index in [2.05, 4.69) is 9.58 Å². The molecule has 0 bridgehead atoms. The van der Waals surface area contributed by atoms with Crippen LogP contribution < -0.4 is 4.74 Å². The van der Waals surface area contributed by atoms with Crippen LogP contribution >= 0.6 is 0 Å². The number of hydrogen-bond donors (Lipinski definition) is 0. The Hall–Kier alpha value is -2.80. The third kappa shape index (κ3) is 3.11. The number of carbonyl (C=O) groups is 1. The lowest BCUT2D eigenvalue weighted by Crippen LogP contribution is -2.00. The van der Waals surface area contributed by atoms with Crippen molar-refractivity contribution in [1.82, 2.24) is 0 Å². The highest BCUT2D eigenvalue weighted by molar-refractivity contribution is 5.89. The van der Waals surface area contributed by atoms with Crippen molar-refractivity contribution < 1.29 is 14.3 Å². The zero-order chi connectivity index (χ0) is 13.7. The third-order valence-corrected chi connectivity index (χ3v) is 2.46. The minimum absolute atomic E-state index is 0.409. The van der Waals surface area contributed by atoms with Crippen molar-refractivity contribution in [3.05, 3.63) is 65.5 Å². The molecule has 19 heavy (non-hydrogen) atoms. The second-order valence-corrected chi connectivity index (χ2v) is 3.73. The molecule has 0 saturated carbocycles. The lowest BCUT2D eigenvalue weighted by molar-refractivity contribution is 0.0600. The third-order valence-electron chi connectivity index (χ3n) is 2.46. The first-order valence-electron chi connectivity index (χ1n) is 5.56. The second-order valence-electron chi connectivity index (χ2n) is 3.73. The summed E-state index contributed by atoms with van der Waals surface area (Å²) in [6, 6.07) is 13.5. The molecule has 2 aromatic carbocycles. The van der Waals surface area contributed by atoms with Gasteiger partial charge in [-0.1, -0.05) is 18.2 Å². The average Bonchev–Trinajstić information content (AvgIpc) is 2.47. The molecular weight excluding hydrogens is 242 g/mol. The second kappa shape index (κ2) is 5.69. The Morgan fingerprint density at radius 2 is 1.84 bits per heavy atom. The van der Waals surface area contributed by atoms with Crippen molar-refractivity contribution in [2.75, 3.05) is 7.11 Å². The maximum Gasteiger partial charge on any atom is 0.337 e. The molecule has 94 valence electrons. The molecule has 0 unspecified atom stereocenters. The Morgan fingerprint density at radius 3 is 2.47 bits per heavy atom. The summed E-state index contributed by atoms with van der Waals surface area (Å²) in [6.45, 7) is 6.86. The number of benzene rings is 2. The van der Waals surface area contributed by atoms with E-state index in [-0.39, 0.29) is 0 Å². The molecular formula is C15H11NO3. The van der Waals surface area contributed by atoms with Crippen LogP contribution in [0.1, 0.15) is 10.4 Å². The number of ether oxygens (including phenoxy) is 2. The highest BCUT2D eigenvalue weighted by Crippen LogP contribution is 2.24. The lowest BCUT2D eigenvalue weighted by Gasteiger charge is -2.07. The van der Waals surface area contributed by atoms with E-state index in [4.69, 9.17) is 11.3 Å². The van der Waals surface area contributed by atoms with E-state index in [0.717, 1.165) is 0 Å². The summed E-state index contributed by atoms with van der Waals surface area (Å²) in [5.74, 6) is 0.738. The lowest BCUT2D eigenvalue weighted by atomic mass is 10.2. The van der Waals surface area contributed by atoms with Crippen molar-refractivity contribution in [2.24, 2.45) is 0 Å². The Bertz CT molecular complexity index is 627. The maximum absolute atomic E-state index is 11.4. The van der Waals surface area contributed by atoms with E-state index in [0.29, 0.717) is 22.7 Å². The Kier molecular flexibility index (Phi) is 3.79. The summed E-state index contributed by atoms with van der Waals surface area (Å²) >= 11 is 0. The van der Waals surface area contributed by atoms with Gasteiger partial charge in [-0.05, 0) is 30.3 Å². The first-order chi connectivity index (χ1) is 9.22.